The Morgan fingerprint density at radius 3 is 2.53 bits per heavy atom. The molecule has 19 heavy (non-hydrogen) atoms. The predicted molar refractivity (Wildman–Crippen MR) is 69.9 cm³/mol. The predicted octanol–water partition coefficient (Wildman–Crippen LogP) is 1.81. The molecule has 0 heterocycles. The Bertz CT molecular complexity index is 537. The minimum Gasteiger partial charge on any atom is -0.343 e. The Morgan fingerprint density at radius 1 is 1.32 bits per heavy atom. The van der Waals surface area contributed by atoms with E-state index < -0.39 is 10.7 Å². The highest BCUT2D eigenvalue weighted by atomic mass is 16.6. The molecule has 1 aromatic rings. The molecule has 0 saturated carbocycles. The number of nitro groups is 1. The summed E-state index contributed by atoms with van der Waals surface area (Å²) in [6, 6.07) is 5.63. The van der Waals surface area contributed by atoms with Gasteiger partial charge in [-0.15, -0.1) is 0 Å². The summed E-state index contributed by atoms with van der Waals surface area (Å²) in [5.74, 6) is -0.889. The first-order chi connectivity index (χ1) is 8.97. The third-order valence-electron chi connectivity index (χ3n) is 2.59. The average Bonchev–Trinajstić information content (AvgIpc) is 2.43. The smallest absolute Gasteiger partial charge is 0.280 e. The molecule has 0 saturated heterocycles. The third-order valence-corrected chi connectivity index (χ3v) is 2.59. The van der Waals surface area contributed by atoms with Crippen molar-refractivity contribution < 1.29 is 14.5 Å². The molecule has 0 fully saturated rings. The summed E-state index contributed by atoms with van der Waals surface area (Å²) < 4.78 is 0. The Kier molecular flexibility index (Phi) is 4.93. The van der Waals surface area contributed by atoms with Crippen molar-refractivity contribution in [3.8, 4) is 0 Å². The van der Waals surface area contributed by atoms with Crippen molar-refractivity contribution in [1.82, 2.24) is 4.90 Å². The van der Waals surface area contributed by atoms with Crippen molar-refractivity contribution in [3.05, 3.63) is 52.1 Å². The molecular formula is C13H14N2O4. The lowest BCUT2D eigenvalue weighted by Gasteiger charge is -2.10. The lowest BCUT2D eigenvalue weighted by molar-refractivity contribution is -0.385. The first-order valence-electron chi connectivity index (χ1n) is 5.68. The molecule has 6 heteroatoms. The van der Waals surface area contributed by atoms with E-state index in [0.29, 0.717) is 6.54 Å². The van der Waals surface area contributed by atoms with Crippen molar-refractivity contribution in [2.24, 2.45) is 0 Å². The van der Waals surface area contributed by atoms with Gasteiger partial charge in [0.25, 0.3) is 5.69 Å². The van der Waals surface area contributed by atoms with E-state index in [-0.39, 0.29) is 17.2 Å². The summed E-state index contributed by atoms with van der Waals surface area (Å²) in [5, 5.41) is 10.8. The number of carbonyl (C=O) groups is 2. The second-order valence-corrected chi connectivity index (χ2v) is 3.82. The van der Waals surface area contributed by atoms with E-state index in [1.165, 1.54) is 29.2 Å². The fourth-order valence-corrected chi connectivity index (χ4v) is 1.36. The van der Waals surface area contributed by atoms with Crippen LogP contribution in [0.3, 0.4) is 0 Å². The molecule has 0 aromatic heterocycles. The molecule has 0 radical (unpaired) electrons. The van der Waals surface area contributed by atoms with Gasteiger partial charge in [-0.05, 0) is 19.1 Å². The van der Waals surface area contributed by atoms with E-state index in [1.54, 1.807) is 14.0 Å². The summed E-state index contributed by atoms with van der Waals surface area (Å²) in [5.41, 5.74) is -0.302. The molecule has 0 atom stereocenters. The lowest BCUT2D eigenvalue weighted by Crippen LogP contribution is -2.24. The van der Waals surface area contributed by atoms with Crippen LogP contribution >= 0.6 is 0 Å². The van der Waals surface area contributed by atoms with Crippen molar-refractivity contribution in [2.75, 3.05) is 13.6 Å². The molecule has 0 aliphatic heterocycles. The van der Waals surface area contributed by atoms with Gasteiger partial charge in [-0.25, -0.2) is 0 Å². The van der Waals surface area contributed by atoms with Gasteiger partial charge in [0, 0.05) is 25.7 Å². The van der Waals surface area contributed by atoms with Crippen LogP contribution in [0.2, 0.25) is 0 Å². The van der Waals surface area contributed by atoms with Gasteiger partial charge in [0.15, 0.2) is 5.78 Å². The van der Waals surface area contributed by atoms with Crippen LogP contribution in [-0.2, 0) is 4.79 Å². The first kappa shape index (κ1) is 14.6. The number of allylic oxidation sites excluding steroid dienone is 1. The van der Waals surface area contributed by atoms with Crippen molar-refractivity contribution >= 4 is 17.4 Å². The van der Waals surface area contributed by atoms with E-state index in [0.717, 1.165) is 12.2 Å². The maximum atomic E-state index is 11.8. The number of carbonyl (C=O) groups excluding carboxylic acids is 2. The zero-order chi connectivity index (χ0) is 14.4. The first-order valence-corrected chi connectivity index (χ1v) is 5.68. The Labute approximate surface area is 110 Å². The van der Waals surface area contributed by atoms with Crippen molar-refractivity contribution in [3.63, 3.8) is 0 Å². The lowest BCUT2D eigenvalue weighted by atomic mass is 10.1. The highest BCUT2D eigenvalue weighted by molar-refractivity contribution is 6.09. The number of nitro benzene ring substituents is 1. The van der Waals surface area contributed by atoms with Crippen LogP contribution in [0.25, 0.3) is 0 Å². The largest absolute Gasteiger partial charge is 0.343 e. The standard InChI is InChI=1S/C13H14N2O4/c1-3-14(2)13(17)9-8-12(16)10-6-4-5-7-11(10)15(18)19/h4-9H,3H2,1-2H3/b9-8+. The number of rotatable bonds is 5. The van der Waals surface area contributed by atoms with Crippen LogP contribution in [-0.4, -0.2) is 35.1 Å². The van der Waals surface area contributed by atoms with E-state index in [9.17, 15) is 19.7 Å². The van der Waals surface area contributed by atoms with Crippen molar-refractivity contribution in [2.45, 2.75) is 6.92 Å². The van der Waals surface area contributed by atoms with Crippen LogP contribution in [0, 0.1) is 10.1 Å². The quantitative estimate of drug-likeness (QED) is 0.351. The van der Waals surface area contributed by atoms with Gasteiger partial charge >= 0.3 is 0 Å². The van der Waals surface area contributed by atoms with Crippen LogP contribution < -0.4 is 0 Å². The number of hydrogen-bond donors (Lipinski definition) is 0. The zero-order valence-electron chi connectivity index (χ0n) is 10.7. The van der Waals surface area contributed by atoms with Crippen LogP contribution in [0.15, 0.2) is 36.4 Å². The maximum Gasteiger partial charge on any atom is 0.280 e. The highest BCUT2D eigenvalue weighted by Gasteiger charge is 2.17. The number of para-hydroxylation sites is 1. The molecular weight excluding hydrogens is 248 g/mol. The Balaban J connectivity index is 2.93. The molecule has 1 aromatic carbocycles. The maximum absolute atomic E-state index is 11.8. The highest BCUT2D eigenvalue weighted by Crippen LogP contribution is 2.18. The summed E-state index contributed by atoms with van der Waals surface area (Å²) >= 11 is 0. The van der Waals surface area contributed by atoms with E-state index in [1.807, 2.05) is 0 Å². The van der Waals surface area contributed by atoms with Crippen molar-refractivity contribution in [1.29, 1.82) is 0 Å². The minimum absolute atomic E-state index is 0.0318. The molecule has 0 spiro atoms. The Morgan fingerprint density at radius 2 is 1.95 bits per heavy atom. The Hall–Kier alpha value is -2.50. The molecule has 0 aliphatic carbocycles. The van der Waals surface area contributed by atoms with Crippen LogP contribution in [0.4, 0.5) is 5.69 Å². The minimum atomic E-state index is -0.624. The van der Waals surface area contributed by atoms with E-state index in [4.69, 9.17) is 0 Å². The number of ketones is 1. The van der Waals surface area contributed by atoms with Gasteiger partial charge in [0.2, 0.25) is 5.91 Å². The second-order valence-electron chi connectivity index (χ2n) is 3.82. The van der Waals surface area contributed by atoms with Gasteiger partial charge < -0.3 is 4.90 Å². The molecule has 100 valence electrons. The monoisotopic (exact) mass is 262 g/mol. The normalized spacial score (nSPS) is 10.4. The van der Waals surface area contributed by atoms with E-state index >= 15 is 0 Å². The number of hydrogen-bond acceptors (Lipinski definition) is 4. The summed E-state index contributed by atoms with van der Waals surface area (Å²) in [6.45, 7) is 2.32. The summed E-state index contributed by atoms with van der Waals surface area (Å²) in [7, 11) is 1.60. The van der Waals surface area contributed by atoms with E-state index in [2.05, 4.69) is 0 Å². The van der Waals surface area contributed by atoms with Gasteiger partial charge in [-0.2, -0.15) is 0 Å². The molecule has 1 rings (SSSR count). The van der Waals surface area contributed by atoms with Gasteiger partial charge in [-0.1, -0.05) is 12.1 Å². The fraction of sp³-hybridized carbons (Fsp3) is 0.231. The number of amides is 1. The molecule has 6 nitrogen and oxygen atoms in total. The molecule has 1 amide bonds. The van der Waals surface area contributed by atoms with Gasteiger partial charge in [-0.3, -0.25) is 19.7 Å². The average molecular weight is 262 g/mol. The SMILES string of the molecule is CCN(C)C(=O)/C=C/C(=O)c1ccccc1[N+](=O)[O-]. The summed E-state index contributed by atoms with van der Waals surface area (Å²) in [6.07, 6.45) is 2.17. The van der Waals surface area contributed by atoms with Gasteiger partial charge in [0.05, 0.1) is 10.5 Å². The van der Waals surface area contributed by atoms with Gasteiger partial charge in [0.1, 0.15) is 0 Å². The fourth-order valence-electron chi connectivity index (χ4n) is 1.36. The summed E-state index contributed by atoms with van der Waals surface area (Å²) in [4.78, 5) is 34.9. The molecule has 0 N–H and O–H groups in total. The van der Waals surface area contributed by atoms with Crippen LogP contribution in [0.1, 0.15) is 17.3 Å². The number of nitrogens with zero attached hydrogens (tertiary/aromatic N) is 2. The van der Waals surface area contributed by atoms with Crippen LogP contribution in [0.5, 0.6) is 0 Å². The number of likely N-dealkylation sites (N-methyl/N-ethyl adjacent to an activating group) is 1. The third kappa shape index (κ3) is 3.74. The zero-order valence-corrected chi connectivity index (χ0v) is 10.7. The molecule has 0 unspecified atom stereocenters. The molecule has 0 bridgehead atoms. The molecule has 0 aliphatic rings. The number of benzene rings is 1. The second kappa shape index (κ2) is 6.44. The topological polar surface area (TPSA) is 80.5 Å².